The summed E-state index contributed by atoms with van der Waals surface area (Å²) in [5.74, 6) is 0. The maximum absolute atomic E-state index is 5.03. The first-order chi connectivity index (χ1) is 4.22. The zero-order chi connectivity index (χ0) is 6.85. The van der Waals surface area contributed by atoms with Gasteiger partial charge in [0.1, 0.15) is 14.1 Å². The van der Waals surface area contributed by atoms with E-state index in [1.165, 1.54) is 5.71 Å². The van der Waals surface area contributed by atoms with Crippen molar-refractivity contribution in [3.63, 3.8) is 0 Å². The number of hydrogen-bond acceptors (Lipinski definition) is 1. The van der Waals surface area contributed by atoms with Crippen molar-refractivity contribution in [2.45, 2.75) is 6.42 Å². The molecule has 0 aromatic rings. The molecule has 1 aliphatic rings. The summed E-state index contributed by atoms with van der Waals surface area (Å²) in [5, 5.41) is 3.10. The predicted octanol–water partition coefficient (Wildman–Crippen LogP) is 0.0202. The van der Waals surface area contributed by atoms with Gasteiger partial charge in [-0.15, -0.1) is 0 Å². The van der Waals surface area contributed by atoms with Gasteiger partial charge in [-0.3, -0.25) is 0 Å². The highest BCUT2D eigenvalue weighted by Crippen LogP contribution is 1.94. The minimum Gasteiger partial charge on any atom is -0.371 e. The van der Waals surface area contributed by atoms with Gasteiger partial charge in [-0.05, 0) is 0 Å². The molecule has 1 aliphatic heterocycles. The van der Waals surface area contributed by atoms with E-state index in [4.69, 9.17) is 12.2 Å². The standard InChI is InChI=1S/C6H10N2S/c1-8(2)5-3-4-7-6(5)9/h3-4H2,1-2H3/p+1. The highest BCUT2D eigenvalue weighted by molar-refractivity contribution is 7.82. The highest BCUT2D eigenvalue weighted by atomic mass is 32.1. The largest absolute Gasteiger partial charge is 0.371 e. The maximum atomic E-state index is 5.03. The summed E-state index contributed by atoms with van der Waals surface area (Å²) in [7, 11) is 4.04. The van der Waals surface area contributed by atoms with Crippen LogP contribution >= 0.6 is 12.2 Å². The van der Waals surface area contributed by atoms with Crippen LogP contribution in [0.1, 0.15) is 6.42 Å². The topological polar surface area (TPSA) is 15.0 Å². The summed E-state index contributed by atoms with van der Waals surface area (Å²) in [6, 6.07) is 0. The molecule has 1 saturated heterocycles. The molecule has 0 unspecified atom stereocenters. The molecule has 2 nitrogen and oxygen atoms in total. The quantitative estimate of drug-likeness (QED) is 0.380. The molecule has 0 aromatic heterocycles. The van der Waals surface area contributed by atoms with Gasteiger partial charge in [0.25, 0.3) is 0 Å². The Morgan fingerprint density at radius 3 is 2.44 bits per heavy atom. The van der Waals surface area contributed by atoms with Gasteiger partial charge >= 0.3 is 0 Å². The van der Waals surface area contributed by atoms with Gasteiger partial charge < -0.3 is 5.32 Å². The van der Waals surface area contributed by atoms with Crippen molar-refractivity contribution in [1.82, 2.24) is 5.32 Å². The smallest absolute Gasteiger partial charge is 0.212 e. The summed E-state index contributed by atoms with van der Waals surface area (Å²) >= 11 is 5.03. The second-order valence-electron chi connectivity index (χ2n) is 2.35. The average Bonchev–Trinajstić information content (AvgIpc) is 2.13. The molecule has 1 fully saturated rings. The number of nitrogens with one attached hydrogen (secondary N) is 1. The van der Waals surface area contributed by atoms with Crippen molar-refractivity contribution in [2.24, 2.45) is 0 Å². The van der Waals surface area contributed by atoms with Crippen molar-refractivity contribution in [3.05, 3.63) is 0 Å². The molecule has 1 N–H and O–H groups in total. The van der Waals surface area contributed by atoms with Crippen molar-refractivity contribution >= 4 is 22.9 Å². The molecular formula is C6H11N2S+. The molecule has 0 bridgehead atoms. The Hall–Kier alpha value is -0.440. The van der Waals surface area contributed by atoms with Gasteiger partial charge in [0.2, 0.25) is 5.71 Å². The van der Waals surface area contributed by atoms with Crippen LogP contribution in [-0.4, -0.2) is 35.9 Å². The van der Waals surface area contributed by atoms with Gasteiger partial charge in [0.05, 0.1) is 6.42 Å². The Balaban J connectivity index is 2.83. The first-order valence-electron chi connectivity index (χ1n) is 3.03. The van der Waals surface area contributed by atoms with Gasteiger partial charge in [-0.2, -0.15) is 0 Å². The normalized spacial score (nSPS) is 18.0. The lowest BCUT2D eigenvalue weighted by Gasteiger charge is -1.90. The summed E-state index contributed by atoms with van der Waals surface area (Å²) in [4.78, 5) is 0.917. The molecule has 9 heavy (non-hydrogen) atoms. The second kappa shape index (κ2) is 2.43. The van der Waals surface area contributed by atoms with Crippen LogP contribution in [0, 0.1) is 0 Å². The number of thiocarbonyl (C=S) groups is 1. The first kappa shape index (κ1) is 6.68. The summed E-state index contributed by atoms with van der Waals surface area (Å²) in [5.41, 5.74) is 1.25. The van der Waals surface area contributed by atoms with E-state index in [-0.39, 0.29) is 0 Å². The van der Waals surface area contributed by atoms with E-state index >= 15 is 0 Å². The van der Waals surface area contributed by atoms with Crippen molar-refractivity contribution in [2.75, 3.05) is 20.6 Å². The third-order valence-electron chi connectivity index (χ3n) is 1.45. The zero-order valence-electron chi connectivity index (χ0n) is 5.77. The maximum Gasteiger partial charge on any atom is 0.212 e. The third kappa shape index (κ3) is 1.27. The lowest BCUT2D eigenvalue weighted by atomic mass is 10.3. The van der Waals surface area contributed by atoms with Crippen molar-refractivity contribution in [3.8, 4) is 0 Å². The highest BCUT2D eigenvalue weighted by Gasteiger charge is 2.20. The van der Waals surface area contributed by atoms with Gasteiger partial charge in [-0.1, -0.05) is 12.2 Å². The van der Waals surface area contributed by atoms with Gasteiger partial charge in [0, 0.05) is 6.54 Å². The zero-order valence-corrected chi connectivity index (χ0v) is 6.59. The molecule has 0 spiro atoms. The van der Waals surface area contributed by atoms with Crippen LogP contribution < -0.4 is 5.32 Å². The van der Waals surface area contributed by atoms with Crippen LogP contribution in [0.15, 0.2) is 0 Å². The second-order valence-corrected chi connectivity index (χ2v) is 2.76. The average molecular weight is 143 g/mol. The number of nitrogens with zero attached hydrogens (tertiary/aromatic N) is 1. The van der Waals surface area contributed by atoms with Crippen LogP contribution in [0.25, 0.3) is 0 Å². The van der Waals surface area contributed by atoms with E-state index < -0.39 is 0 Å². The van der Waals surface area contributed by atoms with Crippen LogP contribution in [0.4, 0.5) is 0 Å². The van der Waals surface area contributed by atoms with E-state index in [9.17, 15) is 0 Å². The molecule has 0 atom stereocenters. The number of hydrogen-bond donors (Lipinski definition) is 1. The fourth-order valence-corrected chi connectivity index (χ4v) is 1.32. The fourth-order valence-electron chi connectivity index (χ4n) is 0.937. The summed E-state index contributed by atoms with van der Waals surface area (Å²) < 4.78 is 2.07. The molecule has 1 rings (SSSR count). The molecule has 50 valence electrons. The van der Waals surface area contributed by atoms with E-state index in [0.29, 0.717) is 0 Å². The van der Waals surface area contributed by atoms with Crippen LogP contribution in [0.5, 0.6) is 0 Å². The predicted molar refractivity (Wildman–Crippen MR) is 42.3 cm³/mol. The first-order valence-corrected chi connectivity index (χ1v) is 3.44. The molecule has 0 aromatic carbocycles. The van der Waals surface area contributed by atoms with E-state index in [0.717, 1.165) is 18.0 Å². The monoisotopic (exact) mass is 143 g/mol. The van der Waals surface area contributed by atoms with Crippen LogP contribution in [0.3, 0.4) is 0 Å². The van der Waals surface area contributed by atoms with Gasteiger partial charge in [0.15, 0.2) is 4.99 Å². The summed E-state index contributed by atoms with van der Waals surface area (Å²) in [6.45, 7) is 1.01. The Morgan fingerprint density at radius 1 is 1.56 bits per heavy atom. The van der Waals surface area contributed by atoms with Crippen molar-refractivity contribution in [1.29, 1.82) is 0 Å². The molecule has 0 saturated carbocycles. The molecule has 0 aliphatic carbocycles. The fraction of sp³-hybridized carbons (Fsp3) is 0.667. The molecule has 3 heteroatoms. The Bertz CT molecular complexity index is 168. The van der Waals surface area contributed by atoms with E-state index in [1.807, 2.05) is 14.1 Å². The molecule has 0 radical (unpaired) electrons. The SMILES string of the molecule is C[N+](C)=C1CCNC1=S. The van der Waals surface area contributed by atoms with E-state index in [2.05, 4.69) is 9.89 Å². The van der Waals surface area contributed by atoms with Crippen molar-refractivity contribution < 1.29 is 4.58 Å². The minimum absolute atomic E-state index is 0.917. The third-order valence-corrected chi connectivity index (χ3v) is 1.83. The number of rotatable bonds is 0. The molecule has 0 amide bonds. The summed E-state index contributed by atoms with van der Waals surface area (Å²) in [6.07, 6.45) is 1.08. The minimum atomic E-state index is 0.917. The van der Waals surface area contributed by atoms with E-state index in [1.54, 1.807) is 0 Å². The lowest BCUT2D eigenvalue weighted by molar-refractivity contribution is -0.463. The molecular weight excluding hydrogens is 132 g/mol. The Morgan fingerprint density at radius 2 is 2.22 bits per heavy atom. The van der Waals surface area contributed by atoms with Crippen LogP contribution in [-0.2, 0) is 0 Å². The Labute approximate surface area is 60.6 Å². The molecule has 1 heterocycles. The van der Waals surface area contributed by atoms with Crippen LogP contribution in [0.2, 0.25) is 0 Å². The van der Waals surface area contributed by atoms with Gasteiger partial charge in [-0.25, -0.2) is 4.58 Å². The Kier molecular flexibility index (Phi) is 1.81. The lowest BCUT2D eigenvalue weighted by Crippen LogP contribution is -2.22.